The van der Waals surface area contributed by atoms with E-state index in [0.717, 1.165) is 10.9 Å². The van der Waals surface area contributed by atoms with Crippen molar-refractivity contribution in [2.24, 2.45) is 0 Å². The quantitative estimate of drug-likeness (QED) is 0.426. The van der Waals surface area contributed by atoms with Crippen molar-refractivity contribution in [3.63, 3.8) is 0 Å². The number of H-pyrrole nitrogens is 1. The van der Waals surface area contributed by atoms with Crippen LogP contribution in [0.25, 0.3) is 27.6 Å². The highest BCUT2D eigenvalue weighted by molar-refractivity contribution is 7.98. The van der Waals surface area contributed by atoms with E-state index in [0.29, 0.717) is 21.8 Å². The summed E-state index contributed by atoms with van der Waals surface area (Å²) < 4.78 is 1.44. The normalized spacial score (nSPS) is 11.7. The molecular formula is C13H9N5OS. The third-order valence-electron chi connectivity index (χ3n) is 3.19. The molecule has 0 unspecified atom stereocenters. The Balaban J connectivity index is 2.25. The highest BCUT2D eigenvalue weighted by Crippen LogP contribution is 2.18. The van der Waals surface area contributed by atoms with Gasteiger partial charge in [0.05, 0.1) is 5.52 Å². The maximum Gasteiger partial charge on any atom is 0.283 e. The lowest BCUT2D eigenvalue weighted by Crippen LogP contribution is -2.16. The molecular weight excluding hydrogens is 274 g/mol. The second-order valence-corrected chi connectivity index (χ2v) is 5.10. The minimum absolute atomic E-state index is 0.186. The number of aromatic amines is 1. The van der Waals surface area contributed by atoms with Crippen molar-refractivity contribution >= 4 is 39.3 Å². The van der Waals surface area contributed by atoms with E-state index in [1.54, 1.807) is 0 Å². The third-order valence-corrected chi connectivity index (χ3v) is 3.75. The van der Waals surface area contributed by atoms with E-state index in [-0.39, 0.29) is 5.56 Å². The van der Waals surface area contributed by atoms with Crippen molar-refractivity contribution in [2.45, 2.75) is 5.16 Å². The van der Waals surface area contributed by atoms with E-state index < -0.39 is 0 Å². The monoisotopic (exact) mass is 283 g/mol. The summed E-state index contributed by atoms with van der Waals surface area (Å²) in [6.45, 7) is 0. The number of aromatic nitrogens is 5. The lowest BCUT2D eigenvalue weighted by Gasteiger charge is -1.99. The number of para-hydroxylation sites is 1. The zero-order valence-corrected chi connectivity index (χ0v) is 11.3. The van der Waals surface area contributed by atoms with Gasteiger partial charge in [0.2, 0.25) is 0 Å². The van der Waals surface area contributed by atoms with E-state index in [9.17, 15) is 4.79 Å². The average Bonchev–Trinajstić information content (AvgIpc) is 2.86. The van der Waals surface area contributed by atoms with Crippen LogP contribution in [-0.4, -0.2) is 30.8 Å². The zero-order chi connectivity index (χ0) is 13.7. The van der Waals surface area contributed by atoms with Crippen LogP contribution in [-0.2, 0) is 0 Å². The van der Waals surface area contributed by atoms with Gasteiger partial charge in [-0.15, -0.1) is 0 Å². The second-order valence-electron chi connectivity index (χ2n) is 4.33. The first-order chi connectivity index (χ1) is 9.78. The van der Waals surface area contributed by atoms with Crippen LogP contribution in [0.5, 0.6) is 0 Å². The van der Waals surface area contributed by atoms with Crippen LogP contribution in [0.3, 0.4) is 0 Å². The van der Waals surface area contributed by atoms with Crippen molar-refractivity contribution in [2.75, 3.05) is 6.26 Å². The molecule has 0 radical (unpaired) electrons. The third kappa shape index (κ3) is 1.47. The van der Waals surface area contributed by atoms with Crippen LogP contribution in [0.4, 0.5) is 0 Å². The molecule has 4 rings (SSSR count). The Kier molecular flexibility index (Phi) is 2.31. The molecule has 0 atom stereocenters. The summed E-state index contributed by atoms with van der Waals surface area (Å²) in [4.78, 5) is 25.4. The predicted octanol–water partition coefficient (Wildman–Crippen LogP) is 1.84. The summed E-state index contributed by atoms with van der Waals surface area (Å²) in [5, 5.41) is 4.96. The Labute approximate surface area is 116 Å². The first-order valence-electron chi connectivity index (χ1n) is 5.98. The second kappa shape index (κ2) is 4.04. The zero-order valence-electron chi connectivity index (χ0n) is 10.5. The number of benzene rings is 1. The lowest BCUT2D eigenvalue weighted by atomic mass is 10.2. The van der Waals surface area contributed by atoms with Crippen LogP contribution in [0, 0.1) is 0 Å². The summed E-state index contributed by atoms with van der Waals surface area (Å²) >= 11 is 1.42. The fourth-order valence-corrected chi connectivity index (χ4v) is 2.57. The molecule has 0 bridgehead atoms. The molecule has 4 aromatic rings. The van der Waals surface area contributed by atoms with Crippen molar-refractivity contribution in [3.05, 3.63) is 40.8 Å². The molecule has 3 aromatic heterocycles. The molecule has 0 spiro atoms. The number of fused-ring (bicyclic) bond motifs is 4. The smallest absolute Gasteiger partial charge is 0.283 e. The first kappa shape index (κ1) is 11.4. The minimum atomic E-state index is -0.186. The Morgan fingerprint density at radius 2 is 2.05 bits per heavy atom. The Morgan fingerprint density at radius 1 is 1.20 bits per heavy atom. The molecule has 3 heterocycles. The highest BCUT2D eigenvalue weighted by atomic mass is 32.2. The molecule has 0 saturated heterocycles. The van der Waals surface area contributed by atoms with Gasteiger partial charge in [-0.25, -0.2) is 15.0 Å². The summed E-state index contributed by atoms with van der Waals surface area (Å²) in [6, 6.07) is 7.66. The molecule has 0 aliphatic rings. The van der Waals surface area contributed by atoms with Crippen LogP contribution in [0.1, 0.15) is 0 Å². The standard InChI is InChI=1S/C13H9N5OS/c1-20-13-14-6-8-10(16-13)15-11-7-4-2-3-5-9(7)17-18(11)12(8)19/h2-6,17H,1H3. The van der Waals surface area contributed by atoms with Gasteiger partial charge in [0.15, 0.2) is 16.5 Å². The predicted molar refractivity (Wildman–Crippen MR) is 78.2 cm³/mol. The highest BCUT2D eigenvalue weighted by Gasteiger charge is 2.12. The molecule has 0 aliphatic carbocycles. The Morgan fingerprint density at radius 3 is 2.90 bits per heavy atom. The Bertz CT molecular complexity index is 1020. The van der Waals surface area contributed by atoms with Gasteiger partial charge in [0.1, 0.15) is 5.39 Å². The van der Waals surface area contributed by atoms with Gasteiger partial charge in [-0.05, 0) is 18.4 Å². The van der Waals surface area contributed by atoms with Crippen molar-refractivity contribution < 1.29 is 0 Å². The van der Waals surface area contributed by atoms with Gasteiger partial charge in [-0.3, -0.25) is 9.89 Å². The number of nitrogens with zero attached hydrogens (tertiary/aromatic N) is 4. The van der Waals surface area contributed by atoms with E-state index in [4.69, 9.17) is 0 Å². The SMILES string of the molecule is CSc1ncc2c(=O)n3[nH]c4ccccc4c3nc2n1. The maximum atomic E-state index is 12.5. The van der Waals surface area contributed by atoms with Gasteiger partial charge in [0, 0.05) is 11.6 Å². The van der Waals surface area contributed by atoms with Crippen LogP contribution in [0.15, 0.2) is 40.4 Å². The molecule has 6 nitrogen and oxygen atoms in total. The molecule has 0 fully saturated rings. The minimum Gasteiger partial charge on any atom is -0.289 e. The van der Waals surface area contributed by atoms with E-state index in [2.05, 4.69) is 20.1 Å². The average molecular weight is 283 g/mol. The number of hydrogen-bond donors (Lipinski definition) is 1. The fourth-order valence-electron chi connectivity index (χ4n) is 2.24. The molecule has 7 heteroatoms. The first-order valence-corrected chi connectivity index (χ1v) is 7.20. The van der Waals surface area contributed by atoms with Crippen LogP contribution < -0.4 is 5.56 Å². The van der Waals surface area contributed by atoms with E-state index in [1.807, 2.05) is 30.5 Å². The molecule has 0 saturated carbocycles. The van der Waals surface area contributed by atoms with Crippen molar-refractivity contribution in [3.8, 4) is 0 Å². The van der Waals surface area contributed by atoms with Gasteiger partial charge < -0.3 is 0 Å². The van der Waals surface area contributed by atoms with Gasteiger partial charge in [-0.2, -0.15) is 4.52 Å². The number of thioether (sulfide) groups is 1. The van der Waals surface area contributed by atoms with E-state index in [1.165, 1.54) is 22.5 Å². The molecule has 0 amide bonds. The molecule has 1 N–H and O–H groups in total. The van der Waals surface area contributed by atoms with Gasteiger partial charge >= 0.3 is 0 Å². The molecule has 98 valence electrons. The van der Waals surface area contributed by atoms with Gasteiger partial charge in [-0.1, -0.05) is 23.9 Å². The summed E-state index contributed by atoms with van der Waals surface area (Å²) in [5.41, 5.74) is 1.70. The molecule has 20 heavy (non-hydrogen) atoms. The van der Waals surface area contributed by atoms with Crippen LogP contribution in [0.2, 0.25) is 0 Å². The number of hydrogen-bond acceptors (Lipinski definition) is 5. The summed E-state index contributed by atoms with van der Waals surface area (Å²) in [6.07, 6.45) is 3.42. The molecule has 1 aromatic carbocycles. The number of rotatable bonds is 1. The van der Waals surface area contributed by atoms with Crippen molar-refractivity contribution in [1.82, 2.24) is 24.6 Å². The fraction of sp³-hybridized carbons (Fsp3) is 0.0769. The lowest BCUT2D eigenvalue weighted by molar-refractivity contribution is 0.913. The summed E-state index contributed by atoms with van der Waals surface area (Å²) in [5.74, 6) is 0. The van der Waals surface area contributed by atoms with E-state index >= 15 is 0 Å². The van der Waals surface area contributed by atoms with Crippen LogP contribution >= 0.6 is 11.8 Å². The Hall–Kier alpha value is -2.41. The van der Waals surface area contributed by atoms with Crippen molar-refractivity contribution in [1.29, 1.82) is 0 Å². The summed E-state index contributed by atoms with van der Waals surface area (Å²) in [7, 11) is 0. The molecule has 0 aliphatic heterocycles. The largest absolute Gasteiger partial charge is 0.289 e. The number of nitrogens with one attached hydrogen (secondary N) is 1. The maximum absolute atomic E-state index is 12.5. The van der Waals surface area contributed by atoms with Gasteiger partial charge in [0.25, 0.3) is 5.56 Å². The topological polar surface area (TPSA) is 75.9 Å².